The van der Waals surface area contributed by atoms with Crippen molar-refractivity contribution in [3.05, 3.63) is 68.6 Å². The topological polar surface area (TPSA) is 60.8 Å². The number of anilines is 2. The maximum Gasteiger partial charge on any atom is 0.308 e. The van der Waals surface area contributed by atoms with E-state index in [1.54, 1.807) is 42.9 Å². The number of thiazole rings is 1. The third-order valence-electron chi connectivity index (χ3n) is 4.99. The number of amides is 1. The van der Waals surface area contributed by atoms with Crippen LogP contribution in [-0.4, -0.2) is 24.7 Å². The Morgan fingerprint density at radius 3 is 2.39 bits per heavy atom. The van der Waals surface area contributed by atoms with Crippen LogP contribution < -0.4 is 19.2 Å². The molecule has 1 aliphatic heterocycles. The smallest absolute Gasteiger partial charge is 0.308 e. The molecule has 0 unspecified atom stereocenters. The highest BCUT2D eigenvalue weighted by molar-refractivity contribution is 7.10. The molecule has 1 aromatic heterocycles. The van der Waals surface area contributed by atoms with E-state index in [1.807, 2.05) is 36.4 Å². The van der Waals surface area contributed by atoms with Crippen LogP contribution in [0.5, 0.6) is 11.5 Å². The second-order valence-corrected chi connectivity index (χ2v) is 7.57. The van der Waals surface area contributed by atoms with Crippen LogP contribution in [0.15, 0.2) is 53.3 Å². The Labute approximate surface area is 166 Å². The summed E-state index contributed by atoms with van der Waals surface area (Å²) in [5.41, 5.74) is 1.68. The molecular formula is C21H20N2O4S. The first-order chi connectivity index (χ1) is 13.5. The number of carbonyl (C=O) groups excluding carboxylic acids is 1. The third-order valence-corrected chi connectivity index (χ3v) is 6.13. The molecule has 0 saturated heterocycles. The van der Waals surface area contributed by atoms with Gasteiger partial charge < -0.3 is 9.47 Å². The molecule has 0 spiro atoms. The predicted octanol–water partition coefficient (Wildman–Crippen LogP) is 3.66. The van der Waals surface area contributed by atoms with E-state index in [0.29, 0.717) is 17.3 Å². The van der Waals surface area contributed by atoms with Gasteiger partial charge in [0, 0.05) is 19.4 Å². The van der Waals surface area contributed by atoms with Gasteiger partial charge in [0.15, 0.2) is 0 Å². The fourth-order valence-electron chi connectivity index (χ4n) is 3.55. The molecule has 6 nitrogen and oxygen atoms in total. The second-order valence-electron chi connectivity index (χ2n) is 6.58. The molecule has 1 aliphatic rings. The lowest BCUT2D eigenvalue weighted by atomic mass is 9.90. The minimum absolute atomic E-state index is 0.0566. The number of hydrogen-bond donors (Lipinski definition) is 0. The number of benzene rings is 2. The number of fused-ring (bicyclic) bond motifs is 1. The van der Waals surface area contributed by atoms with Crippen LogP contribution in [0, 0.1) is 0 Å². The third kappa shape index (κ3) is 2.97. The number of ether oxygens (including phenoxy) is 2. The largest absolute Gasteiger partial charge is 0.497 e. The Morgan fingerprint density at radius 2 is 1.71 bits per heavy atom. The summed E-state index contributed by atoms with van der Waals surface area (Å²) >= 11 is 1.19. The van der Waals surface area contributed by atoms with Crippen LogP contribution >= 0.6 is 11.3 Å². The summed E-state index contributed by atoms with van der Waals surface area (Å²) in [6.45, 7) is 0. The molecule has 2 heterocycles. The van der Waals surface area contributed by atoms with Gasteiger partial charge in [-0.05, 0) is 42.0 Å². The standard InChI is InChI=1S/C21H20N2O4S/c1-22-20-19(28-21(22)25)17(13-5-4-6-16(11-13)27-3)12-18(24)23(20)14-7-9-15(26-2)10-8-14/h4-11,17H,12H2,1-3H3/t17-/m0/s1. The molecule has 0 fully saturated rings. The van der Waals surface area contributed by atoms with Gasteiger partial charge >= 0.3 is 4.87 Å². The molecular weight excluding hydrogens is 376 g/mol. The maximum atomic E-state index is 13.2. The van der Waals surface area contributed by atoms with Gasteiger partial charge in [0.05, 0.1) is 24.8 Å². The number of rotatable bonds is 4. The lowest BCUT2D eigenvalue weighted by Gasteiger charge is -2.32. The normalized spacial score (nSPS) is 16.0. The number of aromatic nitrogens is 1. The average Bonchev–Trinajstić information content (AvgIpc) is 3.02. The van der Waals surface area contributed by atoms with Crippen molar-refractivity contribution in [2.75, 3.05) is 19.1 Å². The lowest BCUT2D eigenvalue weighted by molar-refractivity contribution is -0.118. The van der Waals surface area contributed by atoms with Gasteiger partial charge in [0.1, 0.15) is 17.3 Å². The summed E-state index contributed by atoms with van der Waals surface area (Å²) in [5.74, 6) is 1.84. The van der Waals surface area contributed by atoms with E-state index < -0.39 is 0 Å². The van der Waals surface area contributed by atoms with Crippen molar-refractivity contribution in [1.29, 1.82) is 0 Å². The first kappa shape index (κ1) is 18.3. The van der Waals surface area contributed by atoms with E-state index in [9.17, 15) is 9.59 Å². The van der Waals surface area contributed by atoms with Gasteiger partial charge in [-0.15, -0.1) is 0 Å². The fourth-order valence-corrected chi connectivity index (χ4v) is 4.64. The number of methoxy groups -OCH3 is 2. The zero-order chi connectivity index (χ0) is 19.8. The maximum absolute atomic E-state index is 13.2. The molecule has 2 aromatic carbocycles. The summed E-state index contributed by atoms with van der Waals surface area (Å²) in [7, 11) is 4.92. The van der Waals surface area contributed by atoms with Gasteiger partial charge in [-0.2, -0.15) is 0 Å². The minimum Gasteiger partial charge on any atom is -0.497 e. The Bertz CT molecular complexity index is 1080. The zero-order valence-electron chi connectivity index (χ0n) is 15.8. The Hall–Kier alpha value is -3.06. The van der Waals surface area contributed by atoms with Crippen molar-refractivity contribution in [3.63, 3.8) is 0 Å². The van der Waals surface area contributed by atoms with E-state index in [-0.39, 0.29) is 23.1 Å². The Morgan fingerprint density at radius 1 is 1.00 bits per heavy atom. The highest BCUT2D eigenvalue weighted by Crippen LogP contribution is 2.45. The van der Waals surface area contributed by atoms with Gasteiger partial charge in [0.25, 0.3) is 0 Å². The van der Waals surface area contributed by atoms with Crippen LogP contribution in [0.4, 0.5) is 11.5 Å². The summed E-state index contributed by atoms with van der Waals surface area (Å²) in [5, 5.41) is 0. The van der Waals surface area contributed by atoms with E-state index in [4.69, 9.17) is 9.47 Å². The minimum atomic E-state index is -0.175. The number of hydrogen-bond acceptors (Lipinski definition) is 5. The first-order valence-corrected chi connectivity index (χ1v) is 9.65. The molecule has 7 heteroatoms. The number of carbonyl (C=O) groups is 1. The molecule has 1 amide bonds. The monoisotopic (exact) mass is 396 g/mol. The second kappa shape index (κ2) is 7.16. The summed E-state index contributed by atoms with van der Waals surface area (Å²) < 4.78 is 12.1. The van der Waals surface area contributed by atoms with Gasteiger partial charge in [-0.25, -0.2) is 0 Å². The van der Waals surface area contributed by atoms with Gasteiger partial charge in [-0.1, -0.05) is 23.5 Å². The van der Waals surface area contributed by atoms with E-state index in [2.05, 4.69) is 0 Å². The van der Waals surface area contributed by atoms with Crippen molar-refractivity contribution in [2.24, 2.45) is 7.05 Å². The molecule has 28 heavy (non-hydrogen) atoms. The molecule has 0 saturated carbocycles. The highest BCUT2D eigenvalue weighted by atomic mass is 32.1. The fraction of sp³-hybridized carbons (Fsp3) is 0.238. The Kier molecular flexibility index (Phi) is 4.68. The molecule has 3 aromatic rings. The average molecular weight is 396 g/mol. The molecule has 0 bridgehead atoms. The zero-order valence-corrected chi connectivity index (χ0v) is 16.7. The SMILES string of the molecule is COc1ccc(N2C(=O)C[C@@H](c3cccc(OC)c3)c3sc(=O)n(C)c32)cc1. The molecule has 4 rings (SSSR count). The summed E-state index contributed by atoms with van der Waals surface area (Å²) in [4.78, 5) is 28.1. The van der Waals surface area contributed by atoms with Crippen LogP contribution in [0.2, 0.25) is 0 Å². The molecule has 144 valence electrons. The van der Waals surface area contributed by atoms with Crippen molar-refractivity contribution in [1.82, 2.24) is 4.57 Å². The van der Waals surface area contributed by atoms with Crippen LogP contribution in [-0.2, 0) is 11.8 Å². The molecule has 0 aliphatic carbocycles. The van der Waals surface area contributed by atoms with Gasteiger partial charge in [-0.3, -0.25) is 19.1 Å². The van der Waals surface area contributed by atoms with Crippen LogP contribution in [0.3, 0.4) is 0 Å². The molecule has 0 N–H and O–H groups in total. The number of nitrogens with zero attached hydrogens (tertiary/aromatic N) is 2. The highest BCUT2D eigenvalue weighted by Gasteiger charge is 2.37. The quantitative estimate of drug-likeness (QED) is 0.675. The summed E-state index contributed by atoms with van der Waals surface area (Å²) in [6.07, 6.45) is 0.284. The molecule has 0 radical (unpaired) electrons. The Balaban J connectivity index is 1.85. The lowest BCUT2D eigenvalue weighted by Crippen LogP contribution is -2.34. The van der Waals surface area contributed by atoms with Crippen molar-refractivity contribution >= 4 is 28.7 Å². The van der Waals surface area contributed by atoms with Crippen LogP contribution in [0.25, 0.3) is 0 Å². The molecule has 1 atom stereocenters. The van der Waals surface area contributed by atoms with E-state index in [1.165, 1.54) is 11.3 Å². The first-order valence-electron chi connectivity index (χ1n) is 8.84. The van der Waals surface area contributed by atoms with E-state index >= 15 is 0 Å². The van der Waals surface area contributed by atoms with E-state index in [0.717, 1.165) is 16.2 Å². The van der Waals surface area contributed by atoms with Crippen molar-refractivity contribution < 1.29 is 14.3 Å². The summed E-state index contributed by atoms with van der Waals surface area (Å²) in [6, 6.07) is 14.9. The van der Waals surface area contributed by atoms with Crippen molar-refractivity contribution in [3.8, 4) is 11.5 Å². The predicted molar refractivity (Wildman–Crippen MR) is 109 cm³/mol. The van der Waals surface area contributed by atoms with Crippen LogP contribution in [0.1, 0.15) is 22.8 Å². The van der Waals surface area contributed by atoms with Crippen molar-refractivity contribution in [2.45, 2.75) is 12.3 Å². The van der Waals surface area contributed by atoms with Gasteiger partial charge in [0.2, 0.25) is 5.91 Å².